The van der Waals surface area contributed by atoms with Crippen LogP contribution in [0.3, 0.4) is 0 Å². The van der Waals surface area contributed by atoms with Crippen molar-refractivity contribution in [2.45, 2.75) is 44.7 Å². The number of piperidine rings is 1. The molecule has 3 rings (SSSR count). The zero-order chi connectivity index (χ0) is 14.7. The van der Waals surface area contributed by atoms with Crippen molar-refractivity contribution in [1.82, 2.24) is 24.0 Å². The summed E-state index contributed by atoms with van der Waals surface area (Å²) in [5, 5.41) is 0. The number of hydrogen-bond acceptors (Lipinski definition) is 3. The monoisotopic (exact) mass is 287 g/mol. The number of aryl methyl sites for hydroxylation is 3. The number of aromatic nitrogens is 4. The van der Waals surface area contributed by atoms with Crippen LogP contribution < -0.4 is 0 Å². The van der Waals surface area contributed by atoms with Crippen LogP contribution in [-0.4, -0.2) is 36.6 Å². The molecule has 114 valence electrons. The summed E-state index contributed by atoms with van der Waals surface area (Å²) in [7, 11) is 4.16. The molecule has 0 radical (unpaired) electrons. The minimum atomic E-state index is 0.659. The highest BCUT2D eigenvalue weighted by atomic mass is 15.2. The summed E-state index contributed by atoms with van der Waals surface area (Å²) in [6, 6.07) is 0.659. The lowest BCUT2D eigenvalue weighted by Gasteiger charge is -2.35. The van der Waals surface area contributed by atoms with Crippen LogP contribution in [0.2, 0.25) is 0 Å². The highest BCUT2D eigenvalue weighted by Gasteiger charge is 2.23. The number of rotatable bonds is 5. The second-order valence-corrected chi connectivity index (χ2v) is 6.07. The standard InChI is InChI=1S/C16H25N5/c1-19-11-8-17-15(19)7-6-14-5-3-4-10-21(14)13-16-18-9-12-20(16)2/h8-9,11-12,14H,3-7,10,13H2,1-2H3. The average Bonchev–Trinajstić information content (AvgIpc) is 3.07. The molecule has 2 aromatic rings. The first kappa shape index (κ1) is 14.3. The Morgan fingerprint density at radius 3 is 2.43 bits per heavy atom. The van der Waals surface area contributed by atoms with Gasteiger partial charge in [0.25, 0.3) is 0 Å². The topological polar surface area (TPSA) is 38.9 Å². The van der Waals surface area contributed by atoms with Crippen molar-refractivity contribution in [2.75, 3.05) is 6.54 Å². The third-order valence-corrected chi connectivity index (χ3v) is 4.64. The first-order chi connectivity index (χ1) is 10.2. The van der Waals surface area contributed by atoms with Gasteiger partial charge in [-0.1, -0.05) is 6.42 Å². The Bertz CT molecular complexity index is 571. The van der Waals surface area contributed by atoms with Crippen LogP contribution in [0.5, 0.6) is 0 Å². The van der Waals surface area contributed by atoms with Gasteiger partial charge in [-0.3, -0.25) is 4.90 Å². The largest absolute Gasteiger partial charge is 0.338 e. The molecule has 5 heteroatoms. The first-order valence-corrected chi connectivity index (χ1v) is 7.90. The molecule has 1 unspecified atom stereocenters. The maximum absolute atomic E-state index is 4.47. The molecule has 1 aliphatic rings. The highest BCUT2D eigenvalue weighted by Crippen LogP contribution is 2.22. The van der Waals surface area contributed by atoms with Crippen LogP contribution >= 0.6 is 0 Å². The maximum atomic E-state index is 4.47. The van der Waals surface area contributed by atoms with Crippen molar-refractivity contribution in [1.29, 1.82) is 0 Å². The molecule has 3 heterocycles. The summed E-state index contributed by atoms with van der Waals surface area (Å²) >= 11 is 0. The van der Waals surface area contributed by atoms with E-state index in [4.69, 9.17) is 0 Å². The van der Waals surface area contributed by atoms with Crippen molar-refractivity contribution in [3.8, 4) is 0 Å². The van der Waals surface area contributed by atoms with Crippen LogP contribution in [0, 0.1) is 0 Å². The summed E-state index contributed by atoms with van der Waals surface area (Å²) in [5.41, 5.74) is 0. The molecule has 5 nitrogen and oxygen atoms in total. The van der Waals surface area contributed by atoms with Gasteiger partial charge in [-0.05, 0) is 25.8 Å². The molecular weight excluding hydrogens is 262 g/mol. The molecule has 1 atom stereocenters. The predicted molar refractivity (Wildman–Crippen MR) is 82.8 cm³/mol. The fourth-order valence-electron chi connectivity index (χ4n) is 3.26. The van der Waals surface area contributed by atoms with Gasteiger partial charge in [0.1, 0.15) is 11.6 Å². The Kier molecular flexibility index (Phi) is 4.39. The smallest absolute Gasteiger partial charge is 0.122 e. The van der Waals surface area contributed by atoms with E-state index < -0.39 is 0 Å². The third-order valence-electron chi connectivity index (χ3n) is 4.64. The molecule has 1 fully saturated rings. The lowest BCUT2D eigenvalue weighted by Crippen LogP contribution is -2.39. The van der Waals surface area contributed by atoms with E-state index in [0.29, 0.717) is 6.04 Å². The molecule has 2 aromatic heterocycles. The van der Waals surface area contributed by atoms with E-state index in [9.17, 15) is 0 Å². The Morgan fingerprint density at radius 1 is 1.05 bits per heavy atom. The molecule has 0 bridgehead atoms. The van der Waals surface area contributed by atoms with Crippen LogP contribution in [0.15, 0.2) is 24.8 Å². The molecule has 0 N–H and O–H groups in total. The van der Waals surface area contributed by atoms with Crippen LogP contribution in [0.4, 0.5) is 0 Å². The van der Waals surface area contributed by atoms with Gasteiger partial charge >= 0.3 is 0 Å². The van der Waals surface area contributed by atoms with E-state index >= 15 is 0 Å². The Labute approximate surface area is 126 Å². The molecular formula is C16H25N5. The van der Waals surface area contributed by atoms with Crippen molar-refractivity contribution in [2.24, 2.45) is 14.1 Å². The van der Waals surface area contributed by atoms with Crippen molar-refractivity contribution >= 4 is 0 Å². The number of hydrogen-bond donors (Lipinski definition) is 0. The van der Waals surface area contributed by atoms with Crippen molar-refractivity contribution in [3.05, 3.63) is 36.4 Å². The van der Waals surface area contributed by atoms with Crippen LogP contribution in [0.25, 0.3) is 0 Å². The van der Waals surface area contributed by atoms with Gasteiger partial charge in [-0.25, -0.2) is 9.97 Å². The minimum absolute atomic E-state index is 0.659. The molecule has 0 aliphatic carbocycles. The molecule has 0 aromatic carbocycles. The summed E-state index contributed by atoms with van der Waals surface area (Å²) in [6.07, 6.45) is 14.1. The summed E-state index contributed by atoms with van der Waals surface area (Å²) in [6.45, 7) is 2.16. The second-order valence-electron chi connectivity index (χ2n) is 6.07. The predicted octanol–water partition coefficient (Wildman–Crippen LogP) is 2.14. The van der Waals surface area contributed by atoms with E-state index in [1.54, 1.807) is 0 Å². The maximum Gasteiger partial charge on any atom is 0.122 e. The number of nitrogens with zero attached hydrogens (tertiary/aromatic N) is 5. The zero-order valence-corrected chi connectivity index (χ0v) is 13.1. The van der Waals surface area contributed by atoms with Gasteiger partial charge in [0, 0.05) is 51.3 Å². The van der Waals surface area contributed by atoms with Gasteiger partial charge in [0.2, 0.25) is 0 Å². The summed E-state index contributed by atoms with van der Waals surface area (Å²) in [5.74, 6) is 2.36. The van der Waals surface area contributed by atoms with Gasteiger partial charge in [-0.2, -0.15) is 0 Å². The van der Waals surface area contributed by atoms with E-state index in [2.05, 4.69) is 38.1 Å². The Morgan fingerprint density at radius 2 is 1.76 bits per heavy atom. The van der Waals surface area contributed by atoms with Crippen LogP contribution in [-0.2, 0) is 27.1 Å². The third kappa shape index (κ3) is 3.35. The fourth-order valence-corrected chi connectivity index (χ4v) is 3.26. The molecule has 0 spiro atoms. The van der Waals surface area contributed by atoms with Gasteiger partial charge < -0.3 is 9.13 Å². The fraction of sp³-hybridized carbons (Fsp3) is 0.625. The quantitative estimate of drug-likeness (QED) is 0.846. The molecule has 1 saturated heterocycles. The van der Waals surface area contributed by atoms with Gasteiger partial charge in [0.05, 0.1) is 6.54 Å². The van der Waals surface area contributed by atoms with Crippen LogP contribution in [0.1, 0.15) is 37.3 Å². The zero-order valence-electron chi connectivity index (χ0n) is 13.1. The molecule has 1 aliphatic heterocycles. The van der Waals surface area contributed by atoms with E-state index in [0.717, 1.165) is 13.0 Å². The Balaban J connectivity index is 1.61. The highest BCUT2D eigenvalue weighted by molar-refractivity contribution is 4.95. The molecule has 21 heavy (non-hydrogen) atoms. The SMILES string of the molecule is Cn1ccnc1CCC1CCCCN1Cc1nccn1C. The lowest BCUT2D eigenvalue weighted by atomic mass is 9.97. The van der Waals surface area contributed by atoms with Crippen molar-refractivity contribution in [3.63, 3.8) is 0 Å². The average molecular weight is 287 g/mol. The summed E-state index contributed by atoms with van der Waals surface area (Å²) < 4.78 is 4.26. The number of imidazole rings is 2. The van der Waals surface area contributed by atoms with E-state index in [-0.39, 0.29) is 0 Å². The minimum Gasteiger partial charge on any atom is -0.338 e. The molecule has 0 saturated carbocycles. The number of likely N-dealkylation sites (tertiary alicyclic amines) is 1. The normalized spacial score (nSPS) is 20.0. The second kappa shape index (κ2) is 6.43. The van der Waals surface area contributed by atoms with E-state index in [1.807, 2.05) is 24.8 Å². The van der Waals surface area contributed by atoms with E-state index in [1.165, 1.54) is 43.9 Å². The van der Waals surface area contributed by atoms with Gasteiger partial charge in [-0.15, -0.1) is 0 Å². The lowest BCUT2D eigenvalue weighted by molar-refractivity contribution is 0.127. The summed E-state index contributed by atoms with van der Waals surface area (Å²) in [4.78, 5) is 11.5. The van der Waals surface area contributed by atoms with Gasteiger partial charge in [0.15, 0.2) is 0 Å². The first-order valence-electron chi connectivity index (χ1n) is 7.90. The molecule has 0 amide bonds. The Hall–Kier alpha value is -1.62. The van der Waals surface area contributed by atoms with Crippen molar-refractivity contribution < 1.29 is 0 Å².